The van der Waals surface area contributed by atoms with Crippen LogP contribution in [0, 0.1) is 0 Å². The molecular weight excluding hydrogens is 398 g/mol. The van der Waals surface area contributed by atoms with Crippen molar-refractivity contribution < 1.29 is 22.7 Å². The number of carbonyl (C=O) groups is 1. The van der Waals surface area contributed by atoms with Gasteiger partial charge in [-0.15, -0.1) is 11.3 Å². The third-order valence-electron chi connectivity index (χ3n) is 4.06. The third kappa shape index (κ3) is 3.54. The number of thiophene rings is 1. The van der Waals surface area contributed by atoms with Crippen LogP contribution in [0.4, 0.5) is 5.00 Å². The molecule has 0 saturated carbocycles. The van der Waals surface area contributed by atoms with Crippen molar-refractivity contribution in [2.24, 2.45) is 0 Å². The number of ether oxygens (including phenoxy) is 2. The van der Waals surface area contributed by atoms with E-state index in [1.54, 1.807) is 6.92 Å². The molecule has 1 aliphatic carbocycles. The lowest BCUT2D eigenvalue weighted by Crippen LogP contribution is -2.16. The largest absolute Gasteiger partial charge is 0.495 e. The van der Waals surface area contributed by atoms with Gasteiger partial charge in [0, 0.05) is 4.88 Å². The molecule has 0 spiro atoms. The first kappa shape index (κ1) is 19.0. The van der Waals surface area contributed by atoms with Gasteiger partial charge >= 0.3 is 5.97 Å². The van der Waals surface area contributed by atoms with E-state index < -0.39 is 16.0 Å². The number of halogens is 1. The Hall–Kier alpha value is -1.77. The lowest BCUT2D eigenvalue weighted by molar-refractivity contribution is 0.0527. The van der Waals surface area contributed by atoms with E-state index in [0.717, 1.165) is 29.7 Å². The van der Waals surface area contributed by atoms with Gasteiger partial charge in [0.1, 0.15) is 10.8 Å². The van der Waals surface area contributed by atoms with Crippen molar-refractivity contribution in [3.63, 3.8) is 0 Å². The van der Waals surface area contributed by atoms with Crippen molar-refractivity contribution in [2.45, 2.75) is 31.1 Å². The molecule has 6 nitrogen and oxygen atoms in total. The molecule has 0 amide bonds. The number of benzene rings is 1. The topological polar surface area (TPSA) is 81.7 Å². The lowest BCUT2D eigenvalue weighted by atomic mass is 10.1. The Bertz CT molecular complexity index is 952. The fourth-order valence-electron chi connectivity index (χ4n) is 2.89. The summed E-state index contributed by atoms with van der Waals surface area (Å²) in [5.41, 5.74) is 1.21. The van der Waals surface area contributed by atoms with Crippen molar-refractivity contribution in [1.29, 1.82) is 0 Å². The van der Waals surface area contributed by atoms with Crippen molar-refractivity contribution >= 4 is 43.9 Å². The molecule has 3 rings (SSSR count). The molecular formula is C17H18ClNO5S2. The van der Waals surface area contributed by atoms with E-state index in [9.17, 15) is 13.2 Å². The fraction of sp³-hybridized carbons (Fsp3) is 0.353. The number of aryl methyl sites for hydroxylation is 1. The number of nitrogens with one attached hydrogen (secondary N) is 1. The maximum Gasteiger partial charge on any atom is 0.341 e. The van der Waals surface area contributed by atoms with Crippen LogP contribution in [0.15, 0.2) is 23.1 Å². The van der Waals surface area contributed by atoms with Crippen molar-refractivity contribution in [1.82, 2.24) is 0 Å². The number of carbonyl (C=O) groups excluding carboxylic acids is 1. The van der Waals surface area contributed by atoms with Gasteiger partial charge in [-0.25, -0.2) is 13.2 Å². The van der Waals surface area contributed by atoms with E-state index in [0.29, 0.717) is 16.3 Å². The standard InChI is InChI=1S/C17H18ClNO5S2/c1-3-24-17(20)15-11-5-4-6-14(11)25-16(15)19-26(21,22)10-7-8-13(23-2)12(18)9-10/h7-9,19H,3-6H2,1-2H3. The summed E-state index contributed by atoms with van der Waals surface area (Å²) in [6.07, 6.45) is 2.53. The minimum atomic E-state index is -3.91. The van der Waals surface area contributed by atoms with Crippen molar-refractivity contribution in [3.05, 3.63) is 39.2 Å². The van der Waals surface area contributed by atoms with E-state index in [2.05, 4.69) is 4.72 Å². The molecule has 1 heterocycles. The Morgan fingerprint density at radius 2 is 2.12 bits per heavy atom. The summed E-state index contributed by atoms with van der Waals surface area (Å²) in [4.78, 5) is 13.4. The Morgan fingerprint density at radius 1 is 1.35 bits per heavy atom. The molecule has 0 unspecified atom stereocenters. The highest BCUT2D eigenvalue weighted by molar-refractivity contribution is 7.93. The fourth-order valence-corrected chi connectivity index (χ4v) is 5.82. The first-order chi connectivity index (χ1) is 12.4. The van der Waals surface area contributed by atoms with Gasteiger partial charge in [0.2, 0.25) is 0 Å². The van der Waals surface area contributed by atoms with E-state index in [-0.39, 0.29) is 16.5 Å². The van der Waals surface area contributed by atoms with Gasteiger partial charge in [-0.2, -0.15) is 0 Å². The first-order valence-corrected chi connectivity index (χ1v) is 10.7. The highest BCUT2D eigenvalue weighted by Gasteiger charge is 2.30. The Morgan fingerprint density at radius 3 is 2.77 bits per heavy atom. The van der Waals surface area contributed by atoms with Gasteiger partial charge in [0.05, 0.1) is 29.2 Å². The number of anilines is 1. The summed E-state index contributed by atoms with van der Waals surface area (Å²) in [6, 6.07) is 4.20. The summed E-state index contributed by atoms with van der Waals surface area (Å²) >= 11 is 7.32. The molecule has 26 heavy (non-hydrogen) atoms. The monoisotopic (exact) mass is 415 g/mol. The highest BCUT2D eigenvalue weighted by Crippen LogP contribution is 2.40. The Balaban J connectivity index is 1.98. The van der Waals surface area contributed by atoms with E-state index in [4.69, 9.17) is 21.1 Å². The normalized spacial score (nSPS) is 13.3. The Labute approximate surface area is 161 Å². The van der Waals surface area contributed by atoms with Crippen LogP contribution < -0.4 is 9.46 Å². The quantitative estimate of drug-likeness (QED) is 0.724. The number of rotatable bonds is 6. The van der Waals surface area contributed by atoms with Crippen LogP contribution in [0.3, 0.4) is 0 Å². The zero-order valence-corrected chi connectivity index (χ0v) is 16.7. The molecule has 1 aromatic carbocycles. The van der Waals surface area contributed by atoms with Crippen LogP contribution in [0.5, 0.6) is 5.75 Å². The van der Waals surface area contributed by atoms with Crippen LogP contribution in [0.25, 0.3) is 0 Å². The number of hydrogen-bond donors (Lipinski definition) is 1. The van der Waals surface area contributed by atoms with Gasteiger partial charge in [-0.05, 0) is 49.9 Å². The van der Waals surface area contributed by atoms with E-state index >= 15 is 0 Å². The molecule has 1 aliphatic rings. The average molecular weight is 416 g/mol. The van der Waals surface area contributed by atoms with Crippen molar-refractivity contribution in [2.75, 3.05) is 18.4 Å². The third-order valence-corrected chi connectivity index (χ3v) is 7.04. The SMILES string of the molecule is CCOC(=O)c1c(NS(=O)(=O)c2ccc(OC)c(Cl)c2)sc2c1CCC2. The van der Waals surface area contributed by atoms with Crippen LogP contribution in [-0.2, 0) is 27.6 Å². The molecule has 1 aromatic heterocycles. The summed E-state index contributed by atoms with van der Waals surface area (Å²) < 4.78 is 38.2. The zero-order valence-electron chi connectivity index (χ0n) is 14.3. The molecule has 0 radical (unpaired) electrons. The average Bonchev–Trinajstić information content (AvgIpc) is 3.14. The second-order valence-electron chi connectivity index (χ2n) is 5.68. The summed E-state index contributed by atoms with van der Waals surface area (Å²) in [5.74, 6) is -0.120. The van der Waals surface area contributed by atoms with Crippen LogP contribution >= 0.6 is 22.9 Å². The minimum absolute atomic E-state index is 0.00771. The van der Waals surface area contributed by atoms with Crippen LogP contribution in [-0.4, -0.2) is 28.1 Å². The smallest absolute Gasteiger partial charge is 0.341 e. The second kappa shape index (κ2) is 7.46. The number of esters is 1. The number of fused-ring (bicyclic) bond motifs is 1. The molecule has 0 fully saturated rings. The van der Waals surface area contributed by atoms with Crippen molar-refractivity contribution in [3.8, 4) is 5.75 Å². The van der Waals surface area contributed by atoms with E-state index in [1.807, 2.05) is 0 Å². The van der Waals surface area contributed by atoms with Gasteiger partial charge < -0.3 is 9.47 Å². The lowest BCUT2D eigenvalue weighted by Gasteiger charge is -2.11. The molecule has 1 N–H and O–H groups in total. The zero-order chi connectivity index (χ0) is 18.9. The number of sulfonamides is 1. The van der Waals surface area contributed by atoms with Gasteiger partial charge in [0.15, 0.2) is 0 Å². The summed E-state index contributed by atoms with van der Waals surface area (Å²) in [6.45, 7) is 1.94. The van der Waals surface area contributed by atoms with E-state index in [1.165, 1.54) is 36.6 Å². The molecule has 140 valence electrons. The number of hydrogen-bond acceptors (Lipinski definition) is 6. The highest BCUT2D eigenvalue weighted by atomic mass is 35.5. The first-order valence-electron chi connectivity index (χ1n) is 8.05. The molecule has 9 heteroatoms. The summed E-state index contributed by atoms with van der Waals surface area (Å²) in [5, 5.41) is 0.481. The van der Waals surface area contributed by atoms with Crippen LogP contribution in [0.1, 0.15) is 34.1 Å². The maximum absolute atomic E-state index is 12.8. The Kier molecular flexibility index (Phi) is 5.45. The molecule has 0 saturated heterocycles. The number of methoxy groups -OCH3 is 1. The predicted molar refractivity (Wildman–Crippen MR) is 101 cm³/mol. The summed E-state index contributed by atoms with van der Waals surface area (Å²) in [7, 11) is -2.46. The molecule has 0 aliphatic heterocycles. The second-order valence-corrected chi connectivity index (χ2v) is 8.88. The molecule has 0 atom stereocenters. The molecule has 0 bridgehead atoms. The van der Waals surface area contributed by atoms with Gasteiger partial charge in [-0.1, -0.05) is 11.6 Å². The van der Waals surface area contributed by atoms with Gasteiger partial charge in [-0.3, -0.25) is 4.72 Å². The molecule has 2 aromatic rings. The minimum Gasteiger partial charge on any atom is -0.495 e. The van der Waals surface area contributed by atoms with Crippen LogP contribution in [0.2, 0.25) is 5.02 Å². The predicted octanol–water partition coefficient (Wildman–Crippen LogP) is 3.88. The maximum atomic E-state index is 12.8. The van der Waals surface area contributed by atoms with Gasteiger partial charge in [0.25, 0.3) is 10.0 Å².